The van der Waals surface area contributed by atoms with Crippen molar-refractivity contribution in [2.45, 2.75) is 45.3 Å². The van der Waals surface area contributed by atoms with Gasteiger partial charge < -0.3 is 10.5 Å². The van der Waals surface area contributed by atoms with Gasteiger partial charge in [-0.05, 0) is 44.7 Å². The Morgan fingerprint density at radius 2 is 2.13 bits per heavy atom. The van der Waals surface area contributed by atoms with Crippen LogP contribution in [0.1, 0.15) is 37.4 Å². The molecule has 0 spiro atoms. The molecule has 23 heavy (non-hydrogen) atoms. The fourth-order valence-electron chi connectivity index (χ4n) is 4.07. The smallest absolute Gasteiger partial charge is 0.223 e. The molecule has 3 heterocycles. The van der Waals surface area contributed by atoms with Crippen molar-refractivity contribution < 1.29 is 9.53 Å². The third kappa shape index (κ3) is 3.58. The molecule has 2 aliphatic heterocycles. The summed E-state index contributed by atoms with van der Waals surface area (Å²) in [5.74, 6) is 0.181. The number of hydrogen-bond acceptors (Lipinski definition) is 4. The van der Waals surface area contributed by atoms with Crippen molar-refractivity contribution in [2.75, 3.05) is 19.7 Å². The van der Waals surface area contributed by atoms with Gasteiger partial charge in [0.15, 0.2) is 0 Å². The summed E-state index contributed by atoms with van der Waals surface area (Å²) in [7, 11) is 1.98. The number of amides is 1. The van der Waals surface area contributed by atoms with Crippen LogP contribution in [0.3, 0.4) is 0 Å². The molecule has 2 fully saturated rings. The highest BCUT2D eigenvalue weighted by Gasteiger charge is 2.39. The number of hydrogen-bond donors (Lipinski definition) is 1. The molecule has 0 aromatic carbocycles. The van der Waals surface area contributed by atoms with Crippen LogP contribution in [0.25, 0.3) is 0 Å². The number of carbonyl (C=O) groups excluding carboxylic acids is 1. The van der Waals surface area contributed by atoms with Crippen LogP contribution in [0.5, 0.6) is 0 Å². The second-order valence-corrected chi connectivity index (χ2v) is 6.87. The molecule has 6 nitrogen and oxygen atoms in total. The minimum Gasteiger partial charge on any atom is -0.377 e. The van der Waals surface area contributed by atoms with Crippen molar-refractivity contribution in [3.05, 3.63) is 17.5 Å². The first-order valence-corrected chi connectivity index (χ1v) is 8.73. The zero-order valence-corrected chi connectivity index (χ0v) is 14.2. The van der Waals surface area contributed by atoms with E-state index in [1.807, 2.05) is 11.7 Å². The van der Waals surface area contributed by atoms with Crippen LogP contribution >= 0.6 is 0 Å². The number of aromatic nitrogens is 2. The highest BCUT2D eigenvalue weighted by atomic mass is 16.5. The number of primary amides is 1. The van der Waals surface area contributed by atoms with E-state index in [1.165, 1.54) is 11.3 Å². The van der Waals surface area contributed by atoms with E-state index in [0.29, 0.717) is 12.5 Å². The zero-order valence-electron chi connectivity index (χ0n) is 14.2. The van der Waals surface area contributed by atoms with Crippen molar-refractivity contribution in [3.63, 3.8) is 0 Å². The van der Waals surface area contributed by atoms with Crippen LogP contribution in [-0.4, -0.2) is 46.4 Å². The lowest BCUT2D eigenvalue weighted by Crippen LogP contribution is -2.41. The number of carbonyl (C=O) groups is 1. The molecule has 1 aromatic heterocycles. The molecule has 0 aliphatic carbocycles. The summed E-state index contributed by atoms with van der Waals surface area (Å²) >= 11 is 0. The summed E-state index contributed by atoms with van der Waals surface area (Å²) < 4.78 is 7.73. The Labute approximate surface area is 138 Å². The van der Waals surface area contributed by atoms with Crippen LogP contribution in [0.4, 0.5) is 0 Å². The van der Waals surface area contributed by atoms with Gasteiger partial charge in [0.05, 0.1) is 17.7 Å². The molecular formula is C17H28N4O2. The molecular weight excluding hydrogens is 292 g/mol. The van der Waals surface area contributed by atoms with Gasteiger partial charge in [0.25, 0.3) is 0 Å². The maximum Gasteiger partial charge on any atom is 0.223 e. The summed E-state index contributed by atoms with van der Waals surface area (Å²) in [5, 5.41) is 4.52. The fraction of sp³-hybridized carbons (Fsp3) is 0.765. The first-order chi connectivity index (χ1) is 11.1. The van der Waals surface area contributed by atoms with Crippen LogP contribution < -0.4 is 5.73 Å². The normalized spacial score (nSPS) is 26.7. The highest BCUT2D eigenvalue weighted by molar-refractivity contribution is 5.77. The number of ether oxygens (including phenoxy) is 1. The van der Waals surface area contributed by atoms with E-state index in [2.05, 4.69) is 23.1 Å². The van der Waals surface area contributed by atoms with Crippen molar-refractivity contribution in [2.24, 2.45) is 24.6 Å². The number of likely N-dealkylation sites (tertiary alicyclic amines) is 1. The SMILES string of the molecule is CCc1nn(C)cc1CN1CCC([C@H]2OCC[C@@H]2C(N)=O)CC1. The molecule has 128 valence electrons. The van der Waals surface area contributed by atoms with Gasteiger partial charge in [-0.15, -0.1) is 0 Å². The van der Waals surface area contributed by atoms with Gasteiger partial charge in [0, 0.05) is 32.0 Å². The number of nitrogens with zero attached hydrogens (tertiary/aromatic N) is 3. The van der Waals surface area contributed by atoms with Crippen molar-refractivity contribution in [1.82, 2.24) is 14.7 Å². The zero-order chi connectivity index (χ0) is 16.4. The molecule has 2 N–H and O–H groups in total. The molecule has 0 unspecified atom stereocenters. The Kier molecular flexibility index (Phi) is 5.02. The van der Waals surface area contributed by atoms with Crippen molar-refractivity contribution in [1.29, 1.82) is 0 Å². The van der Waals surface area contributed by atoms with E-state index in [-0.39, 0.29) is 17.9 Å². The predicted molar refractivity (Wildman–Crippen MR) is 87.6 cm³/mol. The summed E-state index contributed by atoms with van der Waals surface area (Å²) in [6.07, 6.45) is 6.10. The van der Waals surface area contributed by atoms with E-state index in [4.69, 9.17) is 10.5 Å². The lowest BCUT2D eigenvalue weighted by atomic mass is 9.84. The largest absolute Gasteiger partial charge is 0.377 e. The second-order valence-electron chi connectivity index (χ2n) is 6.87. The molecule has 0 bridgehead atoms. The Bertz CT molecular complexity index is 549. The average Bonchev–Trinajstić information content (AvgIpc) is 3.14. The van der Waals surface area contributed by atoms with Gasteiger partial charge in [-0.3, -0.25) is 14.4 Å². The third-order valence-electron chi connectivity index (χ3n) is 5.32. The first-order valence-electron chi connectivity index (χ1n) is 8.73. The molecule has 3 rings (SSSR count). The molecule has 0 radical (unpaired) electrons. The van der Waals surface area contributed by atoms with E-state index in [0.717, 1.165) is 45.3 Å². The predicted octanol–water partition coefficient (Wildman–Crippen LogP) is 1.08. The van der Waals surface area contributed by atoms with Gasteiger partial charge in [0.2, 0.25) is 5.91 Å². The summed E-state index contributed by atoms with van der Waals surface area (Å²) in [6, 6.07) is 0. The quantitative estimate of drug-likeness (QED) is 0.881. The van der Waals surface area contributed by atoms with E-state index in [9.17, 15) is 4.79 Å². The van der Waals surface area contributed by atoms with Gasteiger partial charge >= 0.3 is 0 Å². The Morgan fingerprint density at radius 3 is 2.78 bits per heavy atom. The van der Waals surface area contributed by atoms with Crippen LogP contribution in [0, 0.1) is 11.8 Å². The minimum absolute atomic E-state index is 0.0410. The van der Waals surface area contributed by atoms with Crippen molar-refractivity contribution >= 4 is 5.91 Å². The van der Waals surface area contributed by atoms with Gasteiger partial charge in [-0.1, -0.05) is 6.92 Å². The average molecular weight is 320 g/mol. The first kappa shape index (κ1) is 16.5. The summed E-state index contributed by atoms with van der Waals surface area (Å²) in [4.78, 5) is 14.0. The standard InChI is InChI=1S/C17H28N4O2/c1-3-15-13(10-20(2)19-15)11-21-7-4-12(5-8-21)16-14(17(18)22)6-9-23-16/h10,12,14,16H,3-9,11H2,1-2H3,(H2,18,22)/t14-,16+/m0/s1. The maximum atomic E-state index is 11.6. The molecule has 1 amide bonds. The molecule has 2 aliphatic rings. The molecule has 2 atom stereocenters. The van der Waals surface area contributed by atoms with Gasteiger partial charge in [-0.25, -0.2) is 0 Å². The molecule has 0 saturated carbocycles. The van der Waals surface area contributed by atoms with Crippen LogP contribution in [-0.2, 0) is 29.5 Å². The Balaban J connectivity index is 1.55. The lowest BCUT2D eigenvalue weighted by molar-refractivity contribution is -0.124. The monoisotopic (exact) mass is 320 g/mol. The summed E-state index contributed by atoms with van der Waals surface area (Å²) in [6.45, 7) is 5.89. The maximum absolute atomic E-state index is 11.6. The number of piperidine rings is 1. The Morgan fingerprint density at radius 1 is 1.39 bits per heavy atom. The minimum atomic E-state index is -0.196. The number of nitrogens with two attached hydrogens (primary N) is 1. The van der Waals surface area contributed by atoms with E-state index >= 15 is 0 Å². The van der Waals surface area contributed by atoms with Crippen LogP contribution in [0.15, 0.2) is 6.20 Å². The summed E-state index contributed by atoms with van der Waals surface area (Å²) in [5.41, 5.74) is 8.05. The van der Waals surface area contributed by atoms with Gasteiger partial charge in [0.1, 0.15) is 0 Å². The molecule has 2 saturated heterocycles. The third-order valence-corrected chi connectivity index (χ3v) is 5.32. The van der Waals surface area contributed by atoms with Gasteiger partial charge in [-0.2, -0.15) is 5.10 Å². The molecule has 1 aromatic rings. The number of aryl methyl sites for hydroxylation is 2. The topological polar surface area (TPSA) is 73.4 Å². The highest BCUT2D eigenvalue weighted by Crippen LogP contribution is 2.33. The van der Waals surface area contributed by atoms with E-state index < -0.39 is 0 Å². The fourth-order valence-corrected chi connectivity index (χ4v) is 4.07. The molecule has 6 heteroatoms. The lowest BCUT2D eigenvalue weighted by Gasteiger charge is -2.35. The van der Waals surface area contributed by atoms with Crippen molar-refractivity contribution in [3.8, 4) is 0 Å². The van der Waals surface area contributed by atoms with E-state index in [1.54, 1.807) is 0 Å². The number of rotatable bonds is 5. The second kappa shape index (κ2) is 7.01. The van der Waals surface area contributed by atoms with Crippen LogP contribution in [0.2, 0.25) is 0 Å². The Hall–Kier alpha value is -1.40.